The Kier molecular flexibility index (Phi) is 2.30. The largest absolute Gasteiger partial charge is 0.379 e. The van der Waals surface area contributed by atoms with Gasteiger partial charge in [0.1, 0.15) is 5.82 Å². The predicted octanol–water partition coefficient (Wildman–Crippen LogP) is -0.174. The number of hydrogen-bond acceptors (Lipinski definition) is 5. The summed E-state index contributed by atoms with van der Waals surface area (Å²) in [5.74, 6) is 1.19. The maximum absolute atomic E-state index is 5.47. The molecule has 0 bridgehead atoms. The van der Waals surface area contributed by atoms with E-state index >= 15 is 0 Å². The molecule has 6 heteroatoms. The first-order valence-corrected chi connectivity index (χ1v) is 5.30. The second-order valence-electron chi connectivity index (χ2n) is 3.90. The Morgan fingerprint density at radius 1 is 1.44 bits per heavy atom. The highest BCUT2D eigenvalue weighted by Gasteiger charge is 2.31. The first-order valence-electron chi connectivity index (χ1n) is 5.30. The zero-order chi connectivity index (χ0) is 11.0. The Morgan fingerprint density at radius 3 is 3.25 bits per heavy atom. The average Bonchev–Trinajstić information content (AvgIpc) is 2.94. The van der Waals surface area contributed by atoms with Crippen LogP contribution in [-0.2, 0) is 4.74 Å². The van der Waals surface area contributed by atoms with Crippen molar-refractivity contribution in [1.29, 1.82) is 0 Å². The lowest BCUT2D eigenvalue weighted by atomic mass is 10.0. The molecule has 0 spiro atoms. The quantitative estimate of drug-likeness (QED) is 0.759. The van der Waals surface area contributed by atoms with Crippen LogP contribution in [-0.4, -0.2) is 45.9 Å². The van der Waals surface area contributed by atoms with Gasteiger partial charge in [-0.1, -0.05) is 0 Å². The second-order valence-corrected chi connectivity index (χ2v) is 3.90. The molecule has 84 valence electrons. The fraction of sp³-hybridized carbons (Fsp3) is 0.500. The van der Waals surface area contributed by atoms with Crippen molar-refractivity contribution in [3.63, 3.8) is 0 Å². The van der Waals surface area contributed by atoms with Gasteiger partial charge >= 0.3 is 0 Å². The van der Waals surface area contributed by atoms with Gasteiger partial charge in [-0.2, -0.15) is 0 Å². The van der Waals surface area contributed by atoms with Crippen LogP contribution in [0.4, 0.5) is 0 Å². The number of ether oxygens (including phenoxy) is 1. The van der Waals surface area contributed by atoms with Gasteiger partial charge in [0.25, 0.3) is 0 Å². The van der Waals surface area contributed by atoms with Crippen molar-refractivity contribution in [1.82, 2.24) is 24.9 Å². The molecule has 0 saturated carbocycles. The summed E-state index contributed by atoms with van der Waals surface area (Å²) in [6.45, 7) is 1.41. The molecule has 0 aliphatic carbocycles. The Hall–Kier alpha value is -1.53. The maximum atomic E-state index is 5.47. The number of nitrogens with zero attached hydrogens (tertiary/aromatic N) is 4. The monoisotopic (exact) mass is 219 g/mol. The Labute approximate surface area is 92.7 Å². The average molecular weight is 219 g/mol. The third kappa shape index (κ3) is 1.38. The molecular weight excluding hydrogens is 206 g/mol. The van der Waals surface area contributed by atoms with Crippen LogP contribution in [0.15, 0.2) is 18.6 Å². The summed E-state index contributed by atoms with van der Waals surface area (Å²) in [4.78, 5) is 4.02. The summed E-state index contributed by atoms with van der Waals surface area (Å²) in [6, 6.07) is 0.306. The van der Waals surface area contributed by atoms with E-state index in [1.165, 1.54) is 0 Å². The minimum atomic E-state index is 0.252. The topological polar surface area (TPSA) is 64.3 Å². The maximum Gasteiger partial charge on any atom is 0.179 e. The van der Waals surface area contributed by atoms with Gasteiger partial charge in [0.2, 0.25) is 0 Å². The van der Waals surface area contributed by atoms with Crippen LogP contribution in [0.1, 0.15) is 11.7 Å². The van der Waals surface area contributed by atoms with Crippen LogP contribution in [0.25, 0.3) is 5.65 Å². The van der Waals surface area contributed by atoms with E-state index in [2.05, 4.69) is 20.5 Å². The van der Waals surface area contributed by atoms with Gasteiger partial charge in [-0.3, -0.25) is 9.38 Å². The van der Waals surface area contributed by atoms with Crippen molar-refractivity contribution in [3.8, 4) is 0 Å². The summed E-state index contributed by atoms with van der Waals surface area (Å²) in [5.41, 5.74) is 0.777. The highest BCUT2D eigenvalue weighted by Crippen LogP contribution is 2.24. The van der Waals surface area contributed by atoms with Crippen LogP contribution in [0.3, 0.4) is 0 Å². The molecule has 3 rings (SSSR count). The molecule has 0 radical (unpaired) electrons. The van der Waals surface area contributed by atoms with E-state index < -0.39 is 0 Å². The number of aromatic nitrogens is 4. The van der Waals surface area contributed by atoms with E-state index in [0.717, 1.165) is 18.1 Å². The standard InChI is InChI=1S/C10H13N5O/c1-11-8-6-16-5-7(8)10-14-13-9-4-12-2-3-15(9)10/h2-4,7-8,11H,5-6H2,1H3. The van der Waals surface area contributed by atoms with Crippen molar-refractivity contribution in [2.24, 2.45) is 0 Å². The summed E-state index contributed by atoms with van der Waals surface area (Å²) in [7, 11) is 1.94. The van der Waals surface area contributed by atoms with Crippen molar-refractivity contribution < 1.29 is 4.74 Å². The van der Waals surface area contributed by atoms with Gasteiger partial charge in [0.05, 0.1) is 25.3 Å². The summed E-state index contributed by atoms with van der Waals surface area (Å²) in [6.07, 6.45) is 5.33. The smallest absolute Gasteiger partial charge is 0.179 e. The molecule has 2 unspecified atom stereocenters. The number of fused-ring (bicyclic) bond motifs is 1. The third-order valence-corrected chi connectivity index (χ3v) is 3.02. The third-order valence-electron chi connectivity index (χ3n) is 3.02. The molecule has 1 fully saturated rings. The highest BCUT2D eigenvalue weighted by atomic mass is 16.5. The van der Waals surface area contributed by atoms with E-state index in [4.69, 9.17) is 4.74 Å². The van der Waals surface area contributed by atoms with Crippen molar-refractivity contribution in [2.45, 2.75) is 12.0 Å². The number of hydrogen-bond donors (Lipinski definition) is 1. The van der Waals surface area contributed by atoms with Crippen LogP contribution < -0.4 is 5.32 Å². The van der Waals surface area contributed by atoms with Gasteiger partial charge in [-0.15, -0.1) is 10.2 Å². The Morgan fingerprint density at radius 2 is 2.38 bits per heavy atom. The minimum absolute atomic E-state index is 0.252. The highest BCUT2D eigenvalue weighted by molar-refractivity contribution is 5.34. The van der Waals surface area contributed by atoms with Gasteiger partial charge in [-0.05, 0) is 7.05 Å². The molecule has 2 atom stereocenters. The Balaban J connectivity index is 2.05. The molecule has 1 N–H and O–H groups in total. The molecule has 1 aliphatic heterocycles. The molecule has 3 heterocycles. The second kappa shape index (κ2) is 3.80. The summed E-state index contributed by atoms with van der Waals surface area (Å²) >= 11 is 0. The lowest BCUT2D eigenvalue weighted by molar-refractivity contribution is 0.188. The molecule has 16 heavy (non-hydrogen) atoms. The number of likely N-dealkylation sites (N-methyl/N-ethyl adjacent to an activating group) is 1. The van der Waals surface area contributed by atoms with E-state index in [0.29, 0.717) is 12.6 Å². The van der Waals surface area contributed by atoms with Crippen LogP contribution in [0, 0.1) is 0 Å². The number of rotatable bonds is 2. The van der Waals surface area contributed by atoms with Crippen molar-refractivity contribution in [2.75, 3.05) is 20.3 Å². The fourth-order valence-corrected chi connectivity index (χ4v) is 2.12. The van der Waals surface area contributed by atoms with Crippen LogP contribution in [0.5, 0.6) is 0 Å². The van der Waals surface area contributed by atoms with Crippen LogP contribution in [0.2, 0.25) is 0 Å². The zero-order valence-corrected chi connectivity index (χ0v) is 9.00. The van der Waals surface area contributed by atoms with E-state index in [1.54, 1.807) is 12.4 Å². The zero-order valence-electron chi connectivity index (χ0n) is 9.00. The minimum Gasteiger partial charge on any atom is -0.379 e. The van der Waals surface area contributed by atoms with Gasteiger partial charge in [0, 0.05) is 18.4 Å². The molecule has 6 nitrogen and oxygen atoms in total. The molecule has 1 aliphatic rings. The molecule has 0 amide bonds. The first-order chi connectivity index (χ1) is 7.90. The van der Waals surface area contributed by atoms with Gasteiger partial charge in [-0.25, -0.2) is 0 Å². The molecule has 2 aromatic rings. The van der Waals surface area contributed by atoms with Gasteiger partial charge < -0.3 is 10.1 Å². The van der Waals surface area contributed by atoms with Crippen LogP contribution >= 0.6 is 0 Å². The summed E-state index contributed by atoms with van der Waals surface area (Å²) in [5, 5.41) is 11.6. The lowest BCUT2D eigenvalue weighted by Crippen LogP contribution is -2.32. The molecular formula is C10H13N5O. The predicted molar refractivity (Wildman–Crippen MR) is 57.2 cm³/mol. The fourth-order valence-electron chi connectivity index (χ4n) is 2.12. The first kappa shape index (κ1) is 9.68. The normalized spacial score (nSPS) is 25.3. The summed E-state index contributed by atoms with van der Waals surface area (Å²) < 4.78 is 7.44. The van der Waals surface area contributed by atoms with Gasteiger partial charge in [0.15, 0.2) is 5.65 Å². The lowest BCUT2D eigenvalue weighted by Gasteiger charge is -2.14. The van der Waals surface area contributed by atoms with Crippen molar-refractivity contribution >= 4 is 5.65 Å². The van der Waals surface area contributed by atoms with E-state index in [9.17, 15) is 0 Å². The van der Waals surface area contributed by atoms with E-state index in [1.807, 2.05) is 17.6 Å². The SMILES string of the molecule is CNC1COCC1c1nnc2cnccn12. The van der Waals surface area contributed by atoms with E-state index in [-0.39, 0.29) is 5.92 Å². The molecule has 1 saturated heterocycles. The molecule has 0 aromatic carbocycles. The Bertz CT molecular complexity index is 497. The molecule has 2 aromatic heterocycles. The number of nitrogens with one attached hydrogen (secondary N) is 1. The van der Waals surface area contributed by atoms with Crippen molar-refractivity contribution in [3.05, 3.63) is 24.4 Å².